The first-order chi connectivity index (χ1) is 13.5. The van der Waals surface area contributed by atoms with Crippen molar-refractivity contribution in [3.63, 3.8) is 0 Å². The van der Waals surface area contributed by atoms with E-state index >= 15 is 0 Å². The van der Waals surface area contributed by atoms with Crippen molar-refractivity contribution >= 4 is 11.9 Å². The lowest BCUT2D eigenvalue weighted by atomic mass is 10.0. The van der Waals surface area contributed by atoms with Crippen LogP contribution in [0.1, 0.15) is 122 Å². The summed E-state index contributed by atoms with van der Waals surface area (Å²) in [4.78, 5) is 23.3. The minimum atomic E-state index is -1.08. The van der Waals surface area contributed by atoms with Crippen LogP contribution in [0.25, 0.3) is 0 Å². The van der Waals surface area contributed by atoms with Gasteiger partial charge in [-0.2, -0.15) is 0 Å². The van der Waals surface area contributed by atoms with Gasteiger partial charge in [-0.15, -0.1) is 0 Å². The highest BCUT2D eigenvalue weighted by atomic mass is 17.1. The molecule has 0 spiro atoms. The normalized spacial score (nSPS) is 10.4. The van der Waals surface area contributed by atoms with Crippen molar-refractivity contribution in [2.75, 3.05) is 6.61 Å². The number of carboxylic acids is 2. The highest BCUT2D eigenvalue weighted by Crippen LogP contribution is 2.13. The van der Waals surface area contributed by atoms with E-state index in [4.69, 9.17) is 15.5 Å². The van der Waals surface area contributed by atoms with Gasteiger partial charge in [-0.05, 0) is 6.42 Å². The summed E-state index contributed by atoms with van der Waals surface area (Å²) in [5, 5.41) is 24.0. The third-order valence-electron chi connectivity index (χ3n) is 4.64. The Morgan fingerprint density at radius 2 is 0.857 bits per heavy atom. The first kappa shape index (κ1) is 29.1. The first-order valence-electron chi connectivity index (χ1n) is 11.2. The Balaban J connectivity index is 0. The van der Waals surface area contributed by atoms with Crippen LogP contribution in [0.3, 0.4) is 0 Å². The van der Waals surface area contributed by atoms with Gasteiger partial charge in [0, 0.05) is 0 Å². The second-order valence-corrected chi connectivity index (χ2v) is 7.42. The lowest BCUT2D eigenvalue weighted by Gasteiger charge is -2.03. The van der Waals surface area contributed by atoms with E-state index in [1.54, 1.807) is 0 Å². The van der Waals surface area contributed by atoms with Crippen molar-refractivity contribution < 1.29 is 29.9 Å². The standard InChI is InChI=1S/C18H38O2.C4H6O4/c1-2-3-4-5-6-7-8-9-10-11-12-13-14-15-16-17-18-20-19;5-3(6)1-2-4(7)8/h19H,2-18H2,1H3;1-2H2,(H,5,6)(H,7,8). The van der Waals surface area contributed by atoms with Gasteiger partial charge in [0.05, 0.1) is 19.4 Å². The third kappa shape index (κ3) is 32.5. The van der Waals surface area contributed by atoms with E-state index in [1.165, 1.54) is 96.3 Å². The molecule has 0 atom stereocenters. The minimum absolute atomic E-state index is 0.296. The van der Waals surface area contributed by atoms with Gasteiger partial charge in [0.2, 0.25) is 0 Å². The highest BCUT2D eigenvalue weighted by molar-refractivity contribution is 5.75. The lowest BCUT2D eigenvalue weighted by molar-refractivity contribution is -0.242. The zero-order valence-electron chi connectivity index (χ0n) is 18.0. The second kappa shape index (κ2) is 25.9. The van der Waals surface area contributed by atoms with Crippen LogP contribution in [0.5, 0.6) is 0 Å². The first-order valence-corrected chi connectivity index (χ1v) is 11.2. The average Bonchev–Trinajstić information content (AvgIpc) is 2.66. The molecule has 0 aromatic rings. The van der Waals surface area contributed by atoms with Crippen LogP contribution < -0.4 is 0 Å². The molecule has 0 bridgehead atoms. The summed E-state index contributed by atoms with van der Waals surface area (Å²) >= 11 is 0. The summed E-state index contributed by atoms with van der Waals surface area (Å²) in [6.07, 6.45) is 21.4. The molecule has 0 radical (unpaired) electrons. The molecule has 6 heteroatoms. The molecule has 28 heavy (non-hydrogen) atoms. The molecule has 0 aliphatic carbocycles. The summed E-state index contributed by atoms with van der Waals surface area (Å²) in [5.41, 5.74) is 0. The van der Waals surface area contributed by atoms with E-state index in [9.17, 15) is 9.59 Å². The predicted molar refractivity (Wildman–Crippen MR) is 113 cm³/mol. The van der Waals surface area contributed by atoms with Crippen LogP contribution in [-0.2, 0) is 14.5 Å². The number of unbranched alkanes of at least 4 members (excludes halogenated alkanes) is 15. The summed E-state index contributed by atoms with van der Waals surface area (Å²) in [5.74, 6) is -2.15. The van der Waals surface area contributed by atoms with E-state index in [-0.39, 0.29) is 12.8 Å². The van der Waals surface area contributed by atoms with Crippen molar-refractivity contribution in [1.82, 2.24) is 0 Å². The predicted octanol–water partition coefficient (Wildman–Crippen LogP) is 6.67. The van der Waals surface area contributed by atoms with Gasteiger partial charge in [-0.3, -0.25) is 14.8 Å². The zero-order chi connectivity index (χ0) is 21.3. The van der Waals surface area contributed by atoms with E-state index in [0.29, 0.717) is 6.61 Å². The van der Waals surface area contributed by atoms with Crippen LogP contribution in [0, 0.1) is 0 Å². The maximum Gasteiger partial charge on any atom is 0.303 e. The van der Waals surface area contributed by atoms with E-state index in [0.717, 1.165) is 6.42 Å². The summed E-state index contributed by atoms with van der Waals surface area (Å²) < 4.78 is 0. The van der Waals surface area contributed by atoms with Gasteiger partial charge < -0.3 is 10.2 Å². The van der Waals surface area contributed by atoms with E-state index in [1.807, 2.05) is 0 Å². The average molecular weight is 405 g/mol. The van der Waals surface area contributed by atoms with Gasteiger partial charge in [0.25, 0.3) is 0 Å². The molecule has 0 fully saturated rings. The largest absolute Gasteiger partial charge is 0.481 e. The fourth-order valence-corrected chi connectivity index (χ4v) is 2.93. The Hall–Kier alpha value is -1.14. The number of aliphatic carboxylic acids is 2. The Morgan fingerprint density at radius 1 is 0.571 bits per heavy atom. The maximum absolute atomic E-state index is 9.64. The fourth-order valence-electron chi connectivity index (χ4n) is 2.93. The van der Waals surface area contributed by atoms with Gasteiger partial charge in [-0.1, -0.05) is 103 Å². The molecule has 168 valence electrons. The maximum atomic E-state index is 9.64. The van der Waals surface area contributed by atoms with Gasteiger partial charge in [-0.25, -0.2) is 4.89 Å². The molecule has 0 unspecified atom stereocenters. The molecule has 0 saturated heterocycles. The van der Waals surface area contributed by atoms with Crippen LogP contribution in [0.2, 0.25) is 0 Å². The Bertz CT molecular complexity index is 301. The lowest BCUT2D eigenvalue weighted by Crippen LogP contribution is -2.00. The quantitative estimate of drug-likeness (QED) is 0.119. The van der Waals surface area contributed by atoms with Crippen molar-refractivity contribution in [1.29, 1.82) is 0 Å². The number of rotatable bonds is 20. The summed E-state index contributed by atoms with van der Waals surface area (Å²) in [6.45, 7) is 2.78. The molecule has 0 rings (SSSR count). The molecular weight excluding hydrogens is 360 g/mol. The van der Waals surface area contributed by atoms with Gasteiger partial charge in [0.1, 0.15) is 0 Å². The summed E-state index contributed by atoms with van der Waals surface area (Å²) in [6, 6.07) is 0. The van der Waals surface area contributed by atoms with E-state index < -0.39 is 11.9 Å². The monoisotopic (exact) mass is 404 g/mol. The van der Waals surface area contributed by atoms with Crippen molar-refractivity contribution in [3.8, 4) is 0 Å². The Labute approximate surface area is 171 Å². The van der Waals surface area contributed by atoms with Crippen molar-refractivity contribution in [2.24, 2.45) is 0 Å². The third-order valence-corrected chi connectivity index (χ3v) is 4.64. The number of carboxylic acid groups (broad SMARTS) is 2. The smallest absolute Gasteiger partial charge is 0.303 e. The number of hydrogen-bond acceptors (Lipinski definition) is 4. The topological polar surface area (TPSA) is 104 Å². The Morgan fingerprint density at radius 3 is 1.11 bits per heavy atom. The number of carbonyl (C=O) groups is 2. The van der Waals surface area contributed by atoms with Gasteiger partial charge >= 0.3 is 11.9 Å². The fraction of sp³-hybridized carbons (Fsp3) is 0.909. The van der Waals surface area contributed by atoms with Crippen LogP contribution in [0.4, 0.5) is 0 Å². The highest BCUT2D eigenvalue weighted by Gasteiger charge is 2.00. The van der Waals surface area contributed by atoms with Crippen LogP contribution in [-0.4, -0.2) is 34.0 Å². The van der Waals surface area contributed by atoms with Crippen molar-refractivity contribution in [3.05, 3.63) is 0 Å². The molecular formula is C22H44O6. The molecule has 0 heterocycles. The van der Waals surface area contributed by atoms with Crippen molar-refractivity contribution in [2.45, 2.75) is 122 Å². The Kier molecular flexibility index (Phi) is 26.8. The zero-order valence-corrected chi connectivity index (χ0v) is 18.0. The second-order valence-electron chi connectivity index (χ2n) is 7.42. The molecule has 6 nitrogen and oxygen atoms in total. The van der Waals surface area contributed by atoms with E-state index in [2.05, 4.69) is 11.8 Å². The van der Waals surface area contributed by atoms with Gasteiger partial charge in [0.15, 0.2) is 0 Å². The molecule has 0 saturated carbocycles. The van der Waals surface area contributed by atoms with Crippen LogP contribution in [0.15, 0.2) is 0 Å². The molecule has 0 amide bonds. The molecule has 3 N–H and O–H groups in total. The molecule has 0 aliphatic rings. The minimum Gasteiger partial charge on any atom is -0.481 e. The number of hydrogen-bond donors (Lipinski definition) is 3. The SMILES string of the molecule is CCCCCCCCCCCCCCCCCCOO.O=C(O)CCC(=O)O. The molecule has 0 aliphatic heterocycles. The van der Waals surface area contributed by atoms with Crippen LogP contribution >= 0.6 is 0 Å². The summed E-state index contributed by atoms with van der Waals surface area (Å²) in [7, 11) is 0. The molecule has 0 aromatic carbocycles. The molecule has 0 aromatic heterocycles.